The Kier molecular flexibility index (Phi) is 5.57. The van der Waals surface area contributed by atoms with E-state index in [4.69, 9.17) is 9.47 Å². The minimum atomic E-state index is -0.519. The van der Waals surface area contributed by atoms with E-state index in [9.17, 15) is 9.59 Å². The van der Waals surface area contributed by atoms with Crippen LogP contribution in [0.4, 0.5) is 4.79 Å². The summed E-state index contributed by atoms with van der Waals surface area (Å²) in [6.07, 6.45) is 4.40. The molecule has 8 nitrogen and oxygen atoms in total. The van der Waals surface area contributed by atoms with E-state index in [2.05, 4.69) is 20.3 Å². The van der Waals surface area contributed by atoms with Crippen molar-refractivity contribution >= 4 is 34.4 Å². The van der Waals surface area contributed by atoms with E-state index in [-0.39, 0.29) is 11.8 Å². The molecule has 4 heterocycles. The van der Waals surface area contributed by atoms with Crippen molar-refractivity contribution in [2.45, 2.75) is 39.7 Å². The highest BCUT2D eigenvalue weighted by molar-refractivity contribution is 7.17. The van der Waals surface area contributed by atoms with Gasteiger partial charge in [-0.15, -0.1) is 0 Å². The van der Waals surface area contributed by atoms with Crippen LogP contribution < -0.4 is 10.1 Å². The molecule has 1 aliphatic rings. The number of nitrogens with one attached hydrogen (secondary N) is 2. The minimum absolute atomic E-state index is 0.000172. The monoisotopic (exact) mass is 428 g/mol. The molecule has 0 aromatic carbocycles. The van der Waals surface area contributed by atoms with Gasteiger partial charge in [0.2, 0.25) is 0 Å². The van der Waals surface area contributed by atoms with Crippen molar-refractivity contribution in [3.8, 4) is 15.6 Å². The van der Waals surface area contributed by atoms with Gasteiger partial charge in [-0.1, -0.05) is 32.1 Å². The number of hydrogen-bond donors (Lipinski definition) is 2. The molecule has 0 bridgehead atoms. The predicted octanol–water partition coefficient (Wildman–Crippen LogP) is 4.18. The number of aromatic nitrogens is 3. The fourth-order valence-electron chi connectivity index (χ4n) is 3.23. The van der Waals surface area contributed by atoms with Gasteiger partial charge in [0.05, 0.1) is 22.3 Å². The van der Waals surface area contributed by atoms with Gasteiger partial charge in [-0.2, -0.15) is 0 Å². The number of aromatic amines is 1. The number of H-pyrrole nitrogens is 1. The van der Waals surface area contributed by atoms with E-state index >= 15 is 0 Å². The van der Waals surface area contributed by atoms with E-state index in [0.29, 0.717) is 40.7 Å². The first-order valence-electron chi connectivity index (χ1n) is 9.86. The average molecular weight is 429 g/mol. The second-order valence-electron chi connectivity index (χ2n) is 8.27. The van der Waals surface area contributed by atoms with Gasteiger partial charge in [-0.05, 0) is 25.0 Å². The first kappa shape index (κ1) is 20.5. The highest BCUT2D eigenvalue weighted by atomic mass is 32.1. The van der Waals surface area contributed by atoms with Crippen LogP contribution in [0.5, 0.6) is 5.06 Å². The van der Waals surface area contributed by atoms with Crippen LogP contribution in [0.15, 0.2) is 24.5 Å². The van der Waals surface area contributed by atoms with Crippen LogP contribution in [0.25, 0.3) is 21.7 Å². The number of Topliss-reactive ketones (excluding diaryl/α,β-unsaturated/α-hetero) is 1. The van der Waals surface area contributed by atoms with Crippen molar-refractivity contribution < 1.29 is 19.1 Å². The molecule has 9 heteroatoms. The molecule has 0 aliphatic carbocycles. The Hall–Kier alpha value is -2.78. The van der Waals surface area contributed by atoms with E-state index in [1.807, 2.05) is 26.8 Å². The summed E-state index contributed by atoms with van der Waals surface area (Å²) in [6, 6.07) is 3.63. The molecule has 4 rings (SSSR count). The molecule has 1 amide bonds. The lowest BCUT2D eigenvalue weighted by Gasteiger charge is -2.22. The van der Waals surface area contributed by atoms with Crippen LogP contribution in [-0.2, 0) is 4.74 Å². The summed E-state index contributed by atoms with van der Waals surface area (Å²) in [6.45, 7) is 6.92. The van der Waals surface area contributed by atoms with Gasteiger partial charge >= 0.3 is 6.09 Å². The van der Waals surface area contributed by atoms with Gasteiger partial charge in [0.25, 0.3) is 0 Å². The molecule has 1 aliphatic heterocycles. The van der Waals surface area contributed by atoms with E-state index in [0.717, 1.165) is 17.7 Å². The number of amides is 1. The maximum atomic E-state index is 12.7. The summed E-state index contributed by atoms with van der Waals surface area (Å²) in [5.74, 6) is 0.000172. The first-order valence-corrected chi connectivity index (χ1v) is 10.7. The van der Waals surface area contributed by atoms with Crippen LogP contribution in [0.3, 0.4) is 0 Å². The average Bonchev–Trinajstić information content (AvgIpc) is 3.33. The Morgan fingerprint density at radius 1 is 1.27 bits per heavy atom. The Morgan fingerprint density at radius 3 is 2.77 bits per heavy atom. The normalized spacial score (nSPS) is 15.3. The molecular weight excluding hydrogens is 404 g/mol. The fourth-order valence-corrected chi connectivity index (χ4v) is 4.04. The number of carbonyl (C=O) groups excluding carboxylic acids is 2. The van der Waals surface area contributed by atoms with E-state index in [1.165, 1.54) is 11.3 Å². The van der Waals surface area contributed by atoms with Crippen LogP contribution in [0, 0.1) is 5.41 Å². The van der Waals surface area contributed by atoms with Crippen LogP contribution >= 0.6 is 11.3 Å². The highest BCUT2D eigenvalue weighted by Gasteiger charge is 2.26. The van der Waals surface area contributed by atoms with Crippen molar-refractivity contribution in [1.29, 1.82) is 0 Å². The Balaban J connectivity index is 1.51. The summed E-state index contributed by atoms with van der Waals surface area (Å²) in [5, 5.41) is 3.34. The van der Waals surface area contributed by atoms with E-state index in [1.54, 1.807) is 18.5 Å². The topological polar surface area (TPSA) is 106 Å². The molecule has 0 atom stereocenters. The summed E-state index contributed by atoms with van der Waals surface area (Å²) in [5.41, 5.74) is 1.73. The quantitative estimate of drug-likeness (QED) is 0.604. The standard InChI is InChI=1S/C21H24N4O4S/c1-21(2,3)18(26)13-10-22-19-17(13)25-14(11-23-19)15-4-5-16(30-15)29-20(27)24-12-6-8-28-9-7-12/h4-5,10-12H,6-9H2,1-3H3,(H,22,23)(H,24,27). The third-order valence-corrected chi connectivity index (χ3v) is 5.86. The molecule has 0 saturated carbocycles. The molecule has 3 aromatic rings. The smallest absolute Gasteiger partial charge is 0.399 e. The maximum Gasteiger partial charge on any atom is 0.413 e. The van der Waals surface area contributed by atoms with Gasteiger partial charge < -0.3 is 19.8 Å². The summed E-state index contributed by atoms with van der Waals surface area (Å²) >= 11 is 1.30. The van der Waals surface area contributed by atoms with Crippen molar-refractivity contribution in [3.05, 3.63) is 30.1 Å². The molecule has 0 spiro atoms. The number of nitrogens with zero attached hydrogens (tertiary/aromatic N) is 2. The van der Waals surface area contributed by atoms with Crippen LogP contribution in [-0.4, -0.2) is 46.1 Å². The van der Waals surface area contributed by atoms with Crippen molar-refractivity contribution in [2.75, 3.05) is 13.2 Å². The maximum absolute atomic E-state index is 12.7. The van der Waals surface area contributed by atoms with Crippen LogP contribution in [0.1, 0.15) is 44.0 Å². The summed E-state index contributed by atoms with van der Waals surface area (Å²) in [4.78, 5) is 37.7. The number of carbonyl (C=O) groups is 2. The summed E-state index contributed by atoms with van der Waals surface area (Å²) in [7, 11) is 0. The fraction of sp³-hybridized carbons (Fsp3) is 0.429. The third kappa shape index (κ3) is 4.36. The zero-order valence-corrected chi connectivity index (χ0v) is 18.0. The Bertz CT molecular complexity index is 1080. The second-order valence-corrected chi connectivity index (χ2v) is 9.32. The zero-order chi connectivity index (χ0) is 21.3. The summed E-state index contributed by atoms with van der Waals surface area (Å²) < 4.78 is 10.7. The molecule has 3 aromatic heterocycles. The number of thiophene rings is 1. The highest BCUT2D eigenvalue weighted by Crippen LogP contribution is 2.33. The lowest BCUT2D eigenvalue weighted by atomic mass is 9.87. The number of fused-ring (bicyclic) bond motifs is 1. The van der Waals surface area contributed by atoms with Gasteiger partial charge in [0, 0.05) is 30.9 Å². The van der Waals surface area contributed by atoms with Gasteiger partial charge in [-0.3, -0.25) is 4.79 Å². The molecular formula is C21H24N4O4S. The molecule has 158 valence electrons. The largest absolute Gasteiger partial charge is 0.413 e. The zero-order valence-electron chi connectivity index (χ0n) is 17.2. The molecule has 1 fully saturated rings. The predicted molar refractivity (Wildman–Crippen MR) is 114 cm³/mol. The molecule has 2 N–H and O–H groups in total. The third-order valence-electron chi connectivity index (χ3n) is 4.88. The second kappa shape index (κ2) is 8.16. The number of rotatable bonds is 4. The molecule has 1 saturated heterocycles. The van der Waals surface area contributed by atoms with Crippen LogP contribution in [0.2, 0.25) is 0 Å². The van der Waals surface area contributed by atoms with Crippen molar-refractivity contribution in [3.63, 3.8) is 0 Å². The van der Waals surface area contributed by atoms with Gasteiger partial charge in [-0.25, -0.2) is 14.8 Å². The van der Waals surface area contributed by atoms with Crippen molar-refractivity contribution in [2.24, 2.45) is 5.41 Å². The molecule has 30 heavy (non-hydrogen) atoms. The number of ether oxygens (including phenoxy) is 2. The van der Waals surface area contributed by atoms with Crippen molar-refractivity contribution in [1.82, 2.24) is 20.3 Å². The minimum Gasteiger partial charge on any atom is -0.399 e. The Labute approximate surface area is 178 Å². The van der Waals surface area contributed by atoms with E-state index < -0.39 is 11.5 Å². The number of hydrogen-bond acceptors (Lipinski definition) is 7. The lowest BCUT2D eigenvalue weighted by Crippen LogP contribution is -2.40. The molecule has 0 radical (unpaired) electrons. The number of ketones is 1. The SMILES string of the molecule is CC(C)(C)C(=O)c1c[nH]c2ncc(-c3ccc(OC(=O)NC4CCOCC4)s3)nc12. The first-order chi connectivity index (χ1) is 14.3. The van der Waals surface area contributed by atoms with Gasteiger partial charge in [0.15, 0.2) is 16.5 Å². The van der Waals surface area contributed by atoms with Gasteiger partial charge in [0.1, 0.15) is 5.52 Å². The Morgan fingerprint density at radius 2 is 2.03 bits per heavy atom. The molecule has 0 unspecified atom stereocenters. The lowest BCUT2D eigenvalue weighted by molar-refractivity contribution is 0.0779.